The maximum absolute atomic E-state index is 12.4. The topological polar surface area (TPSA) is 42.0 Å². The van der Waals surface area contributed by atoms with Crippen LogP contribution in [0.15, 0.2) is 47.6 Å². The van der Waals surface area contributed by atoms with E-state index in [1.165, 1.54) is 18.3 Å². The van der Waals surface area contributed by atoms with Crippen LogP contribution < -0.4 is 5.32 Å². The second-order valence-corrected chi connectivity index (χ2v) is 5.46. The summed E-state index contributed by atoms with van der Waals surface area (Å²) in [4.78, 5) is 15.9. The largest absolute Gasteiger partial charge is 0.348 e. The molecule has 1 heterocycles. The van der Waals surface area contributed by atoms with Crippen molar-refractivity contribution in [3.63, 3.8) is 0 Å². The maximum atomic E-state index is 12.4. The van der Waals surface area contributed by atoms with E-state index < -0.39 is 11.7 Å². The van der Waals surface area contributed by atoms with E-state index in [-0.39, 0.29) is 28.9 Å². The van der Waals surface area contributed by atoms with E-state index in [1.807, 2.05) is 0 Å². The van der Waals surface area contributed by atoms with Gasteiger partial charge in [-0.1, -0.05) is 23.7 Å². The summed E-state index contributed by atoms with van der Waals surface area (Å²) >= 11 is 6.02. The minimum absolute atomic E-state index is 0.0149. The first-order valence-corrected chi connectivity index (χ1v) is 7.24. The van der Waals surface area contributed by atoms with Crippen molar-refractivity contribution >= 4 is 29.3 Å². The van der Waals surface area contributed by atoms with Crippen LogP contribution in [-0.2, 0) is 6.54 Å². The molecule has 2 aromatic rings. The number of nitrogens with zero attached hydrogens (tertiary/aromatic N) is 1. The maximum Gasteiger partial charge on any atom is 0.290 e. The number of amides is 1. The molecule has 1 aromatic carbocycles. The van der Waals surface area contributed by atoms with Gasteiger partial charge in [-0.3, -0.25) is 4.79 Å². The van der Waals surface area contributed by atoms with Gasteiger partial charge in [0, 0.05) is 17.8 Å². The van der Waals surface area contributed by atoms with Crippen molar-refractivity contribution in [1.29, 1.82) is 0 Å². The molecule has 2 rings (SSSR count). The molecule has 0 fully saturated rings. The highest BCUT2D eigenvalue weighted by Gasteiger charge is 2.16. The zero-order valence-corrected chi connectivity index (χ0v) is 12.3. The highest BCUT2D eigenvalue weighted by molar-refractivity contribution is 7.99. The van der Waals surface area contributed by atoms with E-state index in [4.69, 9.17) is 11.6 Å². The monoisotopic (exact) mass is 328 g/mol. The summed E-state index contributed by atoms with van der Waals surface area (Å²) in [6.45, 7) is 0.281. The van der Waals surface area contributed by atoms with Crippen molar-refractivity contribution in [2.75, 3.05) is 0 Å². The molecule has 0 spiro atoms. The number of thioether (sulfide) groups is 1. The number of halogens is 3. The molecule has 1 aromatic heterocycles. The Labute approximate surface area is 129 Å². The van der Waals surface area contributed by atoms with E-state index in [9.17, 15) is 13.6 Å². The first-order chi connectivity index (χ1) is 10.1. The molecule has 0 saturated heterocycles. The molecule has 110 valence electrons. The fraction of sp³-hybridized carbons (Fsp3) is 0.143. The van der Waals surface area contributed by atoms with Gasteiger partial charge in [0.05, 0.1) is 5.56 Å². The SMILES string of the molecule is O=C(NCc1ccc(Cl)cc1)c1cccnc1SC(F)F. The van der Waals surface area contributed by atoms with E-state index in [0.717, 1.165) is 5.56 Å². The lowest BCUT2D eigenvalue weighted by Gasteiger charge is -2.08. The van der Waals surface area contributed by atoms with Crippen LogP contribution in [0.4, 0.5) is 8.78 Å². The van der Waals surface area contributed by atoms with Crippen molar-refractivity contribution in [2.24, 2.45) is 0 Å². The summed E-state index contributed by atoms with van der Waals surface area (Å²) in [5.74, 6) is -3.07. The zero-order valence-electron chi connectivity index (χ0n) is 10.7. The van der Waals surface area contributed by atoms with E-state index in [2.05, 4.69) is 10.3 Å². The number of alkyl halides is 2. The summed E-state index contributed by atoms with van der Waals surface area (Å²) in [6, 6.07) is 9.99. The van der Waals surface area contributed by atoms with Gasteiger partial charge in [0.1, 0.15) is 5.03 Å². The molecular weight excluding hydrogens is 318 g/mol. The van der Waals surface area contributed by atoms with Gasteiger partial charge in [-0.15, -0.1) is 0 Å². The lowest BCUT2D eigenvalue weighted by Crippen LogP contribution is -2.23. The quantitative estimate of drug-likeness (QED) is 0.844. The van der Waals surface area contributed by atoms with Gasteiger partial charge >= 0.3 is 0 Å². The number of hydrogen-bond acceptors (Lipinski definition) is 3. The summed E-state index contributed by atoms with van der Waals surface area (Å²) < 4.78 is 24.9. The Balaban J connectivity index is 2.05. The Morgan fingerprint density at radius 1 is 1.29 bits per heavy atom. The molecular formula is C14H11ClF2N2OS. The first-order valence-electron chi connectivity index (χ1n) is 5.98. The number of benzene rings is 1. The molecule has 0 unspecified atom stereocenters. The van der Waals surface area contributed by atoms with Gasteiger partial charge in [0.2, 0.25) is 0 Å². The standard InChI is InChI=1S/C14H11ClF2N2OS/c15-10-5-3-9(4-6-10)8-19-12(20)11-2-1-7-18-13(11)21-14(16)17/h1-7,14H,8H2,(H,19,20). The lowest BCUT2D eigenvalue weighted by molar-refractivity contribution is 0.0947. The number of carbonyl (C=O) groups excluding carboxylic acids is 1. The molecule has 0 saturated carbocycles. The smallest absolute Gasteiger partial charge is 0.290 e. The Morgan fingerprint density at radius 3 is 2.67 bits per heavy atom. The Kier molecular flexibility index (Phi) is 5.52. The van der Waals surface area contributed by atoms with Gasteiger partial charge in [-0.05, 0) is 41.6 Å². The number of hydrogen-bond donors (Lipinski definition) is 1. The average Bonchev–Trinajstić information content (AvgIpc) is 2.46. The van der Waals surface area contributed by atoms with E-state index in [1.54, 1.807) is 24.3 Å². The van der Waals surface area contributed by atoms with Crippen LogP contribution in [-0.4, -0.2) is 16.6 Å². The van der Waals surface area contributed by atoms with Crippen molar-refractivity contribution in [2.45, 2.75) is 17.3 Å². The van der Waals surface area contributed by atoms with Gasteiger partial charge < -0.3 is 5.32 Å². The van der Waals surface area contributed by atoms with Crippen LogP contribution in [0.2, 0.25) is 5.02 Å². The molecule has 0 radical (unpaired) electrons. The van der Waals surface area contributed by atoms with Crippen LogP contribution in [0, 0.1) is 0 Å². The third kappa shape index (κ3) is 4.68. The molecule has 0 bridgehead atoms. The summed E-state index contributed by atoms with van der Waals surface area (Å²) in [5.41, 5.74) is 0.997. The average molecular weight is 329 g/mol. The molecule has 0 aliphatic heterocycles. The third-order valence-electron chi connectivity index (χ3n) is 2.58. The summed E-state index contributed by atoms with van der Waals surface area (Å²) in [6.07, 6.45) is 1.38. The number of aromatic nitrogens is 1. The van der Waals surface area contributed by atoms with Gasteiger partial charge in [0.15, 0.2) is 0 Å². The van der Waals surface area contributed by atoms with Gasteiger partial charge in [-0.2, -0.15) is 8.78 Å². The molecule has 0 atom stereocenters. The Bertz CT molecular complexity index is 623. The first kappa shape index (κ1) is 15.7. The minimum Gasteiger partial charge on any atom is -0.348 e. The van der Waals surface area contributed by atoms with Crippen LogP contribution in [0.25, 0.3) is 0 Å². The Hall–Kier alpha value is -1.66. The number of pyridine rings is 1. The second kappa shape index (κ2) is 7.38. The van der Waals surface area contributed by atoms with Crippen molar-refractivity contribution < 1.29 is 13.6 Å². The van der Waals surface area contributed by atoms with E-state index in [0.29, 0.717) is 5.02 Å². The zero-order chi connectivity index (χ0) is 15.2. The molecule has 0 aliphatic rings. The molecule has 1 amide bonds. The second-order valence-electron chi connectivity index (χ2n) is 4.04. The van der Waals surface area contributed by atoms with Crippen LogP contribution in [0.3, 0.4) is 0 Å². The highest BCUT2D eigenvalue weighted by Crippen LogP contribution is 2.26. The number of rotatable bonds is 5. The van der Waals surface area contributed by atoms with Crippen LogP contribution in [0.1, 0.15) is 15.9 Å². The van der Waals surface area contributed by atoms with Crippen molar-refractivity contribution in [3.8, 4) is 0 Å². The third-order valence-corrected chi connectivity index (χ3v) is 3.56. The normalized spacial score (nSPS) is 10.7. The van der Waals surface area contributed by atoms with E-state index >= 15 is 0 Å². The molecule has 7 heteroatoms. The highest BCUT2D eigenvalue weighted by atomic mass is 35.5. The van der Waals surface area contributed by atoms with Crippen molar-refractivity contribution in [1.82, 2.24) is 10.3 Å². The fourth-order valence-electron chi connectivity index (χ4n) is 1.62. The van der Waals surface area contributed by atoms with Gasteiger partial charge in [-0.25, -0.2) is 4.98 Å². The van der Waals surface area contributed by atoms with Crippen molar-refractivity contribution in [3.05, 3.63) is 58.7 Å². The predicted molar refractivity (Wildman–Crippen MR) is 78.7 cm³/mol. The molecule has 0 aliphatic carbocycles. The fourth-order valence-corrected chi connectivity index (χ4v) is 2.33. The summed E-state index contributed by atoms with van der Waals surface area (Å²) in [7, 11) is 0. The number of nitrogens with one attached hydrogen (secondary N) is 1. The predicted octanol–water partition coefficient (Wildman–Crippen LogP) is 3.98. The molecule has 1 N–H and O–H groups in total. The Morgan fingerprint density at radius 2 is 2.00 bits per heavy atom. The molecule has 3 nitrogen and oxygen atoms in total. The van der Waals surface area contributed by atoms with Gasteiger partial charge in [0.25, 0.3) is 11.7 Å². The van der Waals surface area contributed by atoms with Crippen LogP contribution >= 0.6 is 23.4 Å². The number of carbonyl (C=O) groups is 1. The van der Waals surface area contributed by atoms with Crippen LogP contribution in [0.5, 0.6) is 0 Å². The minimum atomic E-state index is -2.62. The molecule has 21 heavy (non-hydrogen) atoms. The summed E-state index contributed by atoms with van der Waals surface area (Å²) in [5, 5.41) is 3.29. The lowest BCUT2D eigenvalue weighted by atomic mass is 10.2.